The Balaban J connectivity index is 2.28. The SMILES string of the molecule is S=c1[nH]nc(-c2cccnc2)n1-c1cccc(Cl)c1Br. The van der Waals surface area contributed by atoms with Crippen LogP contribution in [0.2, 0.25) is 5.02 Å². The number of H-pyrrole nitrogens is 1. The van der Waals surface area contributed by atoms with Gasteiger partial charge in [0.15, 0.2) is 10.6 Å². The van der Waals surface area contributed by atoms with E-state index < -0.39 is 0 Å². The summed E-state index contributed by atoms with van der Waals surface area (Å²) in [5, 5.41) is 7.69. The quantitative estimate of drug-likeness (QED) is 0.683. The Labute approximate surface area is 133 Å². The smallest absolute Gasteiger partial charge is 0.200 e. The lowest BCUT2D eigenvalue weighted by atomic mass is 10.2. The fourth-order valence-corrected chi connectivity index (χ4v) is 2.72. The Morgan fingerprint density at radius 3 is 2.85 bits per heavy atom. The van der Waals surface area contributed by atoms with Crippen molar-refractivity contribution < 1.29 is 0 Å². The van der Waals surface area contributed by atoms with Crippen molar-refractivity contribution in [2.24, 2.45) is 0 Å². The molecule has 0 atom stereocenters. The number of benzene rings is 1. The minimum Gasteiger partial charge on any atom is -0.267 e. The van der Waals surface area contributed by atoms with Crippen LogP contribution in [-0.4, -0.2) is 19.7 Å². The molecule has 1 aromatic carbocycles. The molecule has 2 heterocycles. The Bertz CT molecular complexity index is 813. The van der Waals surface area contributed by atoms with Gasteiger partial charge in [0.05, 0.1) is 15.2 Å². The van der Waals surface area contributed by atoms with E-state index >= 15 is 0 Å². The fourth-order valence-electron chi connectivity index (χ4n) is 1.87. The number of aromatic nitrogens is 4. The topological polar surface area (TPSA) is 46.5 Å². The lowest BCUT2D eigenvalue weighted by Crippen LogP contribution is -1.99. The van der Waals surface area contributed by atoms with Crippen molar-refractivity contribution >= 4 is 39.7 Å². The monoisotopic (exact) mass is 366 g/mol. The molecule has 0 bridgehead atoms. The highest BCUT2D eigenvalue weighted by molar-refractivity contribution is 9.10. The average Bonchev–Trinajstić information content (AvgIpc) is 2.85. The largest absolute Gasteiger partial charge is 0.267 e. The molecule has 7 heteroatoms. The second kappa shape index (κ2) is 5.47. The number of rotatable bonds is 2. The third-order valence-electron chi connectivity index (χ3n) is 2.76. The van der Waals surface area contributed by atoms with Gasteiger partial charge >= 0.3 is 0 Å². The Morgan fingerprint density at radius 2 is 2.10 bits per heavy atom. The Hall–Kier alpha value is -1.50. The molecule has 0 aliphatic heterocycles. The van der Waals surface area contributed by atoms with Crippen molar-refractivity contribution in [1.82, 2.24) is 19.7 Å². The first-order chi connectivity index (χ1) is 9.68. The predicted octanol–water partition coefficient (Wildman–Crippen LogP) is 4.41. The fraction of sp³-hybridized carbons (Fsp3) is 0. The minimum atomic E-state index is 0.492. The van der Waals surface area contributed by atoms with Crippen LogP contribution in [0.15, 0.2) is 47.2 Å². The second-order valence-corrected chi connectivity index (χ2v) is 5.59. The molecule has 0 saturated carbocycles. The number of nitrogens with one attached hydrogen (secondary N) is 1. The highest BCUT2D eigenvalue weighted by Gasteiger charge is 2.14. The van der Waals surface area contributed by atoms with Gasteiger partial charge in [-0.2, -0.15) is 5.10 Å². The molecule has 4 nitrogen and oxygen atoms in total. The van der Waals surface area contributed by atoms with Crippen LogP contribution in [0.5, 0.6) is 0 Å². The lowest BCUT2D eigenvalue weighted by molar-refractivity contribution is 1.03. The van der Waals surface area contributed by atoms with Crippen LogP contribution in [0.3, 0.4) is 0 Å². The van der Waals surface area contributed by atoms with Gasteiger partial charge in [0.25, 0.3) is 0 Å². The van der Waals surface area contributed by atoms with E-state index in [2.05, 4.69) is 31.1 Å². The summed E-state index contributed by atoms with van der Waals surface area (Å²) in [7, 11) is 0. The first-order valence-electron chi connectivity index (χ1n) is 5.70. The zero-order chi connectivity index (χ0) is 14.1. The Kier molecular flexibility index (Phi) is 3.69. The number of hydrogen-bond donors (Lipinski definition) is 1. The molecule has 0 unspecified atom stereocenters. The molecule has 2 aromatic heterocycles. The molecule has 0 radical (unpaired) electrons. The van der Waals surface area contributed by atoms with Crippen molar-refractivity contribution in [3.05, 3.63) is 57.0 Å². The van der Waals surface area contributed by atoms with E-state index in [-0.39, 0.29) is 0 Å². The van der Waals surface area contributed by atoms with Gasteiger partial charge in [-0.05, 0) is 52.4 Å². The molecular weight excluding hydrogens is 360 g/mol. The van der Waals surface area contributed by atoms with Crippen LogP contribution >= 0.6 is 39.7 Å². The maximum atomic E-state index is 6.14. The molecule has 0 aliphatic carbocycles. The molecule has 0 saturated heterocycles. The van der Waals surface area contributed by atoms with E-state index in [0.29, 0.717) is 15.6 Å². The zero-order valence-electron chi connectivity index (χ0n) is 10.0. The molecule has 20 heavy (non-hydrogen) atoms. The first kappa shape index (κ1) is 13.5. The van der Waals surface area contributed by atoms with Crippen LogP contribution in [0.25, 0.3) is 17.1 Å². The number of aromatic amines is 1. The van der Waals surface area contributed by atoms with Gasteiger partial charge in [-0.3, -0.25) is 14.6 Å². The number of hydrogen-bond acceptors (Lipinski definition) is 3. The summed E-state index contributed by atoms with van der Waals surface area (Å²) in [5.74, 6) is 0.686. The van der Waals surface area contributed by atoms with Crippen molar-refractivity contribution in [2.75, 3.05) is 0 Å². The van der Waals surface area contributed by atoms with Crippen molar-refractivity contribution in [3.8, 4) is 17.1 Å². The molecule has 0 amide bonds. The van der Waals surface area contributed by atoms with E-state index in [4.69, 9.17) is 23.8 Å². The summed E-state index contributed by atoms with van der Waals surface area (Å²) in [6.45, 7) is 0. The first-order valence-corrected chi connectivity index (χ1v) is 7.28. The van der Waals surface area contributed by atoms with Crippen molar-refractivity contribution in [3.63, 3.8) is 0 Å². The molecule has 0 spiro atoms. The van der Waals surface area contributed by atoms with E-state index in [1.807, 2.05) is 34.9 Å². The molecule has 3 aromatic rings. The maximum absolute atomic E-state index is 6.14. The summed E-state index contributed by atoms with van der Waals surface area (Å²) >= 11 is 14.9. The van der Waals surface area contributed by atoms with E-state index in [1.54, 1.807) is 12.4 Å². The summed E-state index contributed by atoms with van der Waals surface area (Å²) in [5.41, 5.74) is 1.70. The third kappa shape index (κ3) is 2.30. The summed E-state index contributed by atoms with van der Waals surface area (Å²) < 4.78 is 3.08. The van der Waals surface area contributed by atoms with Gasteiger partial charge in [-0.15, -0.1) is 0 Å². The second-order valence-electron chi connectivity index (χ2n) is 4.00. The third-order valence-corrected chi connectivity index (χ3v) is 4.41. The van der Waals surface area contributed by atoms with Gasteiger partial charge in [0, 0.05) is 18.0 Å². The van der Waals surface area contributed by atoms with Crippen LogP contribution < -0.4 is 0 Å². The van der Waals surface area contributed by atoms with Crippen molar-refractivity contribution in [2.45, 2.75) is 0 Å². The molecule has 0 aliphatic rings. The highest BCUT2D eigenvalue weighted by atomic mass is 79.9. The number of halogens is 2. The standard InChI is InChI=1S/C13H8BrClN4S/c14-11-9(15)4-1-5-10(11)19-12(17-18-13(19)20)8-3-2-6-16-7-8/h1-7H,(H,18,20). The minimum absolute atomic E-state index is 0.492. The highest BCUT2D eigenvalue weighted by Crippen LogP contribution is 2.31. The lowest BCUT2D eigenvalue weighted by Gasteiger charge is -2.09. The van der Waals surface area contributed by atoms with Crippen molar-refractivity contribution in [1.29, 1.82) is 0 Å². The van der Waals surface area contributed by atoms with E-state index in [9.17, 15) is 0 Å². The zero-order valence-corrected chi connectivity index (χ0v) is 13.2. The van der Waals surface area contributed by atoms with Gasteiger partial charge in [-0.1, -0.05) is 17.7 Å². The molecule has 0 fully saturated rings. The predicted molar refractivity (Wildman–Crippen MR) is 84.7 cm³/mol. The van der Waals surface area contributed by atoms with Gasteiger partial charge in [0.1, 0.15) is 0 Å². The van der Waals surface area contributed by atoms with Crippen LogP contribution in [0.1, 0.15) is 0 Å². The number of pyridine rings is 1. The molecule has 3 rings (SSSR count). The maximum Gasteiger partial charge on any atom is 0.200 e. The van der Waals surface area contributed by atoms with E-state index in [0.717, 1.165) is 15.7 Å². The average molecular weight is 368 g/mol. The Morgan fingerprint density at radius 1 is 1.25 bits per heavy atom. The molecular formula is C13H8BrClN4S. The van der Waals surface area contributed by atoms with Gasteiger partial charge in [-0.25, -0.2) is 0 Å². The van der Waals surface area contributed by atoms with Crippen LogP contribution in [0, 0.1) is 4.77 Å². The van der Waals surface area contributed by atoms with Crippen LogP contribution in [-0.2, 0) is 0 Å². The molecule has 1 N–H and O–H groups in total. The summed E-state index contributed by atoms with van der Waals surface area (Å²) in [6.07, 6.45) is 3.45. The van der Waals surface area contributed by atoms with Crippen LogP contribution in [0.4, 0.5) is 0 Å². The number of nitrogens with zero attached hydrogens (tertiary/aromatic N) is 3. The molecule has 100 valence electrons. The van der Waals surface area contributed by atoms with Gasteiger partial charge in [0.2, 0.25) is 0 Å². The summed E-state index contributed by atoms with van der Waals surface area (Å²) in [6, 6.07) is 9.37. The van der Waals surface area contributed by atoms with Gasteiger partial charge < -0.3 is 0 Å². The summed E-state index contributed by atoms with van der Waals surface area (Å²) in [4.78, 5) is 4.11. The normalized spacial score (nSPS) is 10.7. The van der Waals surface area contributed by atoms with E-state index in [1.165, 1.54) is 0 Å².